The van der Waals surface area contributed by atoms with Gasteiger partial charge in [-0.15, -0.1) is 0 Å². The van der Waals surface area contributed by atoms with E-state index in [4.69, 9.17) is 0 Å². The highest BCUT2D eigenvalue weighted by Gasteiger charge is 2.44. The first kappa shape index (κ1) is 11.0. The van der Waals surface area contributed by atoms with E-state index < -0.39 is 11.7 Å². The van der Waals surface area contributed by atoms with Gasteiger partial charge < -0.3 is 0 Å². The average Bonchev–Trinajstić information content (AvgIpc) is 2.63. The molecule has 1 heterocycles. The number of benzene rings is 2. The van der Waals surface area contributed by atoms with Gasteiger partial charge in [0.1, 0.15) is 11.5 Å². The number of alkyl halides is 2. The van der Waals surface area contributed by atoms with Gasteiger partial charge in [-0.3, -0.25) is 0 Å². The maximum absolute atomic E-state index is 14.2. The number of halogens is 3. The van der Waals surface area contributed by atoms with Gasteiger partial charge in [0, 0.05) is 5.56 Å². The number of para-hydroxylation sites is 1. The Kier molecular flexibility index (Phi) is 2.26. The van der Waals surface area contributed by atoms with Gasteiger partial charge in [-0.25, -0.2) is 9.38 Å². The molecule has 0 fully saturated rings. The molecule has 4 heteroatoms. The molecule has 0 spiro atoms. The van der Waals surface area contributed by atoms with Gasteiger partial charge in [-0.2, -0.15) is 8.78 Å². The van der Waals surface area contributed by atoms with Crippen LogP contribution < -0.4 is 0 Å². The Bertz CT molecular complexity index is 630. The van der Waals surface area contributed by atoms with Crippen LogP contribution in [-0.4, -0.2) is 5.71 Å². The third kappa shape index (κ3) is 1.53. The van der Waals surface area contributed by atoms with Crippen LogP contribution in [0.15, 0.2) is 53.5 Å². The molecule has 0 unspecified atom stereocenters. The SMILES string of the molecule is Fc1ccc(C2=Nc3ccccc3C2(F)F)cc1. The molecule has 1 aliphatic rings. The molecule has 90 valence electrons. The highest BCUT2D eigenvalue weighted by atomic mass is 19.3. The first-order valence-electron chi connectivity index (χ1n) is 5.41. The highest BCUT2D eigenvalue weighted by Crippen LogP contribution is 2.44. The Balaban J connectivity index is 2.13. The van der Waals surface area contributed by atoms with Crippen LogP contribution in [0.5, 0.6) is 0 Å². The zero-order valence-electron chi connectivity index (χ0n) is 9.20. The smallest absolute Gasteiger partial charge is 0.246 e. The Hall–Kier alpha value is -2.10. The predicted octanol–water partition coefficient (Wildman–Crippen LogP) is 4.05. The molecule has 0 N–H and O–H groups in total. The van der Waals surface area contributed by atoms with Crippen molar-refractivity contribution in [1.29, 1.82) is 0 Å². The summed E-state index contributed by atoms with van der Waals surface area (Å²) in [5.41, 5.74) is 0.0625. The number of nitrogens with zero attached hydrogens (tertiary/aromatic N) is 1. The van der Waals surface area contributed by atoms with Crippen LogP contribution >= 0.6 is 0 Å². The standard InChI is InChI=1S/C14H8F3N/c15-10-7-5-9(6-8-10)13-14(16,17)11-3-1-2-4-12(11)18-13/h1-8H. The number of fused-ring (bicyclic) bond motifs is 1. The van der Waals surface area contributed by atoms with E-state index in [1.165, 1.54) is 18.2 Å². The summed E-state index contributed by atoms with van der Waals surface area (Å²) in [4.78, 5) is 3.95. The molecule has 0 saturated carbocycles. The van der Waals surface area contributed by atoms with E-state index in [-0.39, 0.29) is 22.5 Å². The van der Waals surface area contributed by atoms with Gasteiger partial charge in [-0.1, -0.05) is 30.3 Å². The summed E-state index contributed by atoms with van der Waals surface area (Å²) in [6.45, 7) is 0. The summed E-state index contributed by atoms with van der Waals surface area (Å²) in [6.07, 6.45) is 0. The second-order valence-corrected chi connectivity index (χ2v) is 4.06. The maximum Gasteiger partial charge on any atom is 0.317 e. The molecule has 0 aliphatic carbocycles. The third-order valence-electron chi connectivity index (χ3n) is 2.89. The Labute approximate surface area is 102 Å². The molecule has 0 aromatic heterocycles. The third-order valence-corrected chi connectivity index (χ3v) is 2.89. The normalized spacial score (nSPS) is 16.3. The van der Waals surface area contributed by atoms with Gasteiger partial charge in [0.05, 0.1) is 11.3 Å². The molecule has 1 aliphatic heterocycles. The van der Waals surface area contributed by atoms with Gasteiger partial charge in [0.15, 0.2) is 0 Å². The molecular weight excluding hydrogens is 239 g/mol. The molecule has 0 radical (unpaired) electrons. The lowest BCUT2D eigenvalue weighted by molar-refractivity contribution is 0.0810. The monoisotopic (exact) mass is 247 g/mol. The summed E-state index contributed by atoms with van der Waals surface area (Å²) >= 11 is 0. The minimum Gasteiger partial charge on any atom is -0.246 e. The van der Waals surface area contributed by atoms with Crippen molar-refractivity contribution in [3.8, 4) is 0 Å². The summed E-state index contributed by atoms with van der Waals surface area (Å²) in [6, 6.07) is 11.0. The van der Waals surface area contributed by atoms with Gasteiger partial charge in [0.25, 0.3) is 0 Å². The summed E-state index contributed by atoms with van der Waals surface area (Å²) in [5.74, 6) is -3.59. The van der Waals surface area contributed by atoms with Gasteiger partial charge >= 0.3 is 5.92 Å². The van der Waals surface area contributed by atoms with E-state index in [2.05, 4.69) is 4.99 Å². The van der Waals surface area contributed by atoms with Crippen molar-refractivity contribution in [1.82, 2.24) is 0 Å². The molecule has 1 nitrogen and oxygen atoms in total. The van der Waals surface area contributed by atoms with E-state index >= 15 is 0 Å². The lowest BCUT2D eigenvalue weighted by Gasteiger charge is -2.13. The van der Waals surface area contributed by atoms with Crippen LogP contribution in [0.25, 0.3) is 0 Å². The fourth-order valence-corrected chi connectivity index (χ4v) is 2.01. The molecule has 0 saturated heterocycles. The van der Waals surface area contributed by atoms with Crippen LogP contribution in [0, 0.1) is 5.82 Å². The lowest BCUT2D eigenvalue weighted by Crippen LogP contribution is -2.23. The first-order chi connectivity index (χ1) is 8.59. The van der Waals surface area contributed by atoms with Crippen LogP contribution in [-0.2, 0) is 5.92 Å². The van der Waals surface area contributed by atoms with Crippen LogP contribution in [0.1, 0.15) is 11.1 Å². The Morgan fingerprint density at radius 3 is 2.22 bits per heavy atom. The van der Waals surface area contributed by atoms with Crippen molar-refractivity contribution in [2.24, 2.45) is 4.99 Å². The second kappa shape index (κ2) is 3.70. The van der Waals surface area contributed by atoms with E-state index in [1.807, 2.05) is 0 Å². The van der Waals surface area contributed by atoms with Crippen molar-refractivity contribution >= 4 is 11.4 Å². The maximum atomic E-state index is 14.2. The largest absolute Gasteiger partial charge is 0.317 e. The number of hydrogen-bond donors (Lipinski definition) is 0. The van der Waals surface area contributed by atoms with Crippen LogP contribution in [0.4, 0.5) is 18.9 Å². The van der Waals surface area contributed by atoms with Crippen LogP contribution in [0.3, 0.4) is 0 Å². The van der Waals surface area contributed by atoms with E-state index in [9.17, 15) is 13.2 Å². The Morgan fingerprint density at radius 1 is 0.889 bits per heavy atom. The molecule has 2 aromatic carbocycles. The Morgan fingerprint density at radius 2 is 1.56 bits per heavy atom. The zero-order chi connectivity index (χ0) is 12.8. The van der Waals surface area contributed by atoms with Crippen LogP contribution in [0.2, 0.25) is 0 Å². The van der Waals surface area contributed by atoms with Crippen molar-refractivity contribution in [2.45, 2.75) is 5.92 Å². The molecule has 0 amide bonds. The van der Waals surface area contributed by atoms with Crippen molar-refractivity contribution in [3.05, 3.63) is 65.5 Å². The minimum atomic E-state index is -3.13. The number of rotatable bonds is 1. The van der Waals surface area contributed by atoms with Gasteiger partial charge in [0.2, 0.25) is 0 Å². The lowest BCUT2D eigenvalue weighted by atomic mass is 10.0. The quantitative estimate of drug-likeness (QED) is 0.720. The van der Waals surface area contributed by atoms with Crippen molar-refractivity contribution < 1.29 is 13.2 Å². The first-order valence-corrected chi connectivity index (χ1v) is 5.41. The van der Waals surface area contributed by atoms with E-state index in [0.717, 1.165) is 12.1 Å². The fourth-order valence-electron chi connectivity index (χ4n) is 2.01. The molecule has 0 atom stereocenters. The summed E-state index contributed by atoms with van der Waals surface area (Å²) < 4.78 is 41.1. The highest BCUT2D eigenvalue weighted by molar-refractivity contribution is 6.10. The number of hydrogen-bond acceptors (Lipinski definition) is 1. The second-order valence-electron chi connectivity index (χ2n) is 4.06. The van der Waals surface area contributed by atoms with Crippen molar-refractivity contribution in [2.75, 3.05) is 0 Å². The fraction of sp³-hybridized carbons (Fsp3) is 0.0714. The average molecular weight is 247 g/mol. The van der Waals surface area contributed by atoms with E-state index in [1.54, 1.807) is 18.2 Å². The summed E-state index contributed by atoms with van der Waals surface area (Å²) in [5, 5.41) is 0. The molecule has 18 heavy (non-hydrogen) atoms. The topological polar surface area (TPSA) is 12.4 Å². The molecule has 0 bridgehead atoms. The number of aliphatic imine (C=N–C) groups is 1. The zero-order valence-corrected chi connectivity index (χ0v) is 9.20. The molecule has 3 rings (SSSR count). The predicted molar refractivity (Wildman–Crippen MR) is 62.9 cm³/mol. The minimum absolute atomic E-state index is 0.107. The molecule has 2 aromatic rings. The summed E-state index contributed by atoms with van der Waals surface area (Å²) in [7, 11) is 0. The van der Waals surface area contributed by atoms with E-state index in [0.29, 0.717) is 0 Å². The van der Waals surface area contributed by atoms with Gasteiger partial charge in [-0.05, 0) is 18.2 Å². The molecular formula is C14H8F3N. The van der Waals surface area contributed by atoms with Crippen molar-refractivity contribution in [3.63, 3.8) is 0 Å².